The molecule has 1 fully saturated rings. The van der Waals surface area contributed by atoms with Crippen LogP contribution in [-0.4, -0.2) is 35.5 Å². The number of rotatable bonds is 1. The molecule has 74 valence electrons. The van der Waals surface area contributed by atoms with Gasteiger partial charge in [-0.05, 0) is 27.2 Å². The summed E-state index contributed by atoms with van der Waals surface area (Å²) in [5.41, 5.74) is -0.486. The summed E-state index contributed by atoms with van der Waals surface area (Å²) >= 11 is 0. The fraction of sp³-hybridized carbons (Fsp3) is 0.778. The number of hydrogen-bond acceptors (Lipinski definition) is 3. The molecule has 0 aromatic rings. The highest BCUT2D eigenvalue weighted by Gasteiger charge is 2.34. The third-order valence-corrected chi connectivity index (χ3v) is 1.85. The van der Waals surface area contributed by atoms with Gasteiger partial charge >= 0.3 is 6.09 Å². The zero-order chi connectivity index (χ0) is 10.1. The topological polar surface area (TPSA) is 46.6 Å². The molecule has 4 heteroatoms. The van der Waals surface area contributed by atoms with Crippen LogP contribution in [0, 0.1) is 0 Å². The second-order valence-corrected chi connectivity index (χ2v) is 4.17. The summed E-state index contributed by atoms with van der Waals surface area (Å²) in [6.45, 7) is 6.04. The molecule has 0 aromatic heterocycles. The Balaban J connectivity index is 2.45. The van der Waals surface area contributed by atoms with Crippen LogP contribution >= 0.6 is 0 Å². The molecule has 0 saturated carbocycles. The Morgan fingerprint density at radius 2 is 2.15 bits per heavy atom. The van der Waals surface area contributed by atoms with Gasteiger partial charge in [0.15, 0.2) is 0 Å². The molecule has 1 aliphatic rings. The Labute approximate surface area is 77.8 Å². The second-order valence-electron chi connectivity index (χ2n) is 4.17. The molecule has 13 heavy (non-hydrogen) atoms. The molecule has 1 aliphatic heterocycles. The number of amides is 1. The lowest BCUT2D eigenvalue weighted by Crippen LogP contribution is -2.53. The van der Waals surface area contributed by atoms with E-state index in [1.807, 2.05) is 0 Å². The number of carbonyl (C=O) groups is 2. The first kappa shape index (κ1) is 10.0. The normalized spacial score (nSPS) is 22.1. The van der Waals surface area contributed by atoms with Crippen molar-refractivity contribution in [1.82, 2.24) is 4.90 Å². The lowest BCUT2D eigenvalue weighted by molar-refractivity contribution is -0.116. The van der Waals surface area contributed by atoms with Crippen LogP contribution in [0.15, 0.2) is 0 Å². The lowest BCUT2D eigenvalue weighted by Gasteiger charge is -2.38. The van der Waals surface area contributed by atoms with Gasteiger partial charge in [0, 0.05) is 6.54 Å². The van der Waals surface area contributed by atoms with E-state index in [4.69, 9.17) is 4.74 Å². The molecule has 4 nitrogen and oxygen atoms in total. The van der Waals surface area contributed by atoms with Crippen molar-refractivity contribution in [3.8, 4) is 0 Å². The van der Waals surface area contributed by atoms with E-state index in [0.29, 0.717) is 6.54 Å². The van der Waals surface area contributed by atoms with Gasteiger partial charge in [-0.2, -0.15) is 0 Å². The van der Waals surface area contributed by atoms with Crippen LogP contribution in [0.4, 0.5) is 4.79 Å². The fourth-order valence-corrected chi connectivity index (χ4v) is 1.10. The Morgan fingerprint density at radius 1 is 1.54 bits per heavy atom. The molecule has 0 aliphatic carbocycles. The molecule has 0 radical (unpaired) electrons. The van der Waals surface area contributed by atoms with Crippen molar-refractivity contribution in [3.63, 3.8) is 0 Å². The zero-order valence-electron chi connectivity index (χ0n) is 8.24. The lowest BCUT2D eigenvalue weighted by atomic mass is 10.1. The van der Waals surface area contributed by atoms with E-state index in [1.165, 1.54) is 4.90 Å². The van der Waals surface area contributed by atoms with Gasteiger partial charge in [0.1, 0.15) is 11.9 Å². The van der Waals surface area contributed by atoms with Crippen molar-refractivity contribution >= 4 is 12.4 Å². The molecule has 0 spiro atoms. The zero-order valence-corrected chi connectivity index (χ0v) is 8.24. The summed E-state index contributed by atoms with van der Waals surface area (Å²) in [4.78, 5) is 23.2. The summed E-state index contributed by atoms with van der Waals surface area (Å²) in [5, 5.41) is 0. The van der Waals surface area contributed by atoms with E-state index in [-0.39, 0.29) is 6.04 Å². The smallest absolute Gasteiger partial charge is 0.410 e. The highest BCUT2D eigenvalue weighted by atomic mass is 16.6. The van der Waals surface area contributed by atoms with Gasteiger partial charge in [-0.25, -0.2) is 4.79 Å². The van der Waals surface area contributed by atoms with Gasteiger partial charge in [0.25, 0.3) is 0 Å². The monoisotopic (exact) mass is 185 g/mol. The number of hydrogen-bond donors (Lipinski definition) is 0. The number of nitrogens with zero attached hydrogens (tertiary/aromatic N) is 1. The molecular formula is C9H15NO3. The van der Waals surface area contributed by atoms with Crippen LogP contribution in [-0.2, 0) is 9.53 Å². The van der Waals surface area contributed by atoms with Crippen molar-refractivity contribution in [1.29, 1.82) is 0 Å². The molecule has 0 unspecified atom stereocenters. The van der Waals surface area contributed by atoms with Gasteiger partial charge in [-0.3, -0.25) is 4.90 Å². The predicted octanol–water partition coefficient (Wildman–Crippen LogP) is 1.19. The summed E-state index contributed by atoms with van der Waals surface area (Å²) < 4.78 is 5.10. The molecule has 1 rings (SSSR count). The first-order valence-corrected chi connectivity index (χ1v) is 4.39. The average molecular weight is 185 g/mol. The third-order valence-electron chi connectivity index (χ3n) is 1.85. The van der Waals surface area contributed by atoms with Gasteiger partial charge in [0.2, 0.25) is 0 Å². The van der Waals surface area contributed by atoms with E-state index in [2.05, 4.69) is 0 Å². The second kappa shape index (κ2) is 3.36. The van der Waals surface area contributed by atoms with Crippen molar-refractivity contribution < 1.29 is 14.3 Å². The predicted molar refractivity (Wildman–Crippen MR) is 47.4 cm³/mol. The minimum absolute atomic E-state index is 0.269. The van der Waals surface area contributed by atoms with Crippen molar-refractivity contribution in [3.05, 3.63) is 0 Å². The highest BCUT2D eigenvalue weighted by molar-refractivity contribution is 5.75. The Morgan fingerprint density at radius 3 is 2.46 bits per heavy atom. The number of ether oxygens (including phenoxy) is 1. The number of aldehydes is 1. The maximum atomic E-state index is 11.4. The summed E-state index contributed by atoms with van der Waals surface area (Å²) in [5.74, 6) is 0. The quantitative estimate of drug-likeness (QED) is 0.576. The van der Waals surface area contributed by atoms with E-state index in [0.717, 1.165) is 12.7 Å². The molecular weight excluding hydrogens is 170 g/mol. The SMILES string of the molecule is CC(C)(C)OC(=O)N1CC[C@@H]1C=O. The van der Waals surface area contributed by atoms with Gasteiger partial charge in [-0.1, -0.05) is 0 Å². The number of carbonyl (C=O) groups excluding carboxylic acids is 2. The third kappa shape index (κ3) is 2.44. The van der Waals surface area contributed by atoms with Gasteiger partial charge in [0.05, 0.1) is 6.04 Å². The molecule has 1 heterocycles. The van der Waals surface area contributed by atoms with E-state index in [9.17, 15) is 9.59 Å². The molecule has 0 N–H and O–H groups in total. The molecule has 0 aromatic carbocycles. The minimum Gasteiger partial charge on any atom is -0.444 e. The van der Waals surface area contributed by atoms with E-state index >= 15 is 0 Å². The summed E-state index contributed by atoms with van der Waals surface area (Å²) in [7, 11) is 0. The van der Waals surface area contributed by atoms with Gasteiger partial charge in [-0.15, -0.1) is 0 Å². The van der Waals surface area contributed by atoms with Crippen LogP contribution < -0.4 is 0 Å². The van der Waals surface area contributed by atoms with Crippen molar-refractivity contribution in [2.75, 3.05) is 6.54 Å². The van der Waals surface area contributed by atoms with Crippen molar-refractivity contribution in [2.45, 2.75) is 38.8 Å². The van der Waals surface area contributed by atoms with Crippen LogP contribution in [0.3, 0.4) is 0 Å². The van der Waals surface area contributed by atoms with Gasteiger partial charge < -0.3 is 9.53 Å². The highest BCUT2D eigenvalue weighted by Crippen LogP contribution is 2.19. The van der Waals surface area contributed by atoms with E-state index in [1.54, 1.807) is 20.8 Å². The largest absolute Gasteiger partial charge is 0.444 e. The fourth-order valence-electron chi connectivity index (χ4n) is 1.10. The molecule has 1 amide bonds. The van der Waals surface area contributed by atoms with Crippen LogP contribution in [0.1, 0.15) is 27.2 Å². The van der Waals surface area contributed by atoms with Crippen molar-refractivity contribution in [2.24, 2.45) is 0 Å². The standard InChI is InChI=1S/C9H15NO3/c1-9(2,3)13-8(12)10-5-4-7(10)6-11/h6-7H,4-5H2,1-3H3/t7-/m1/s1. The number of likely N-dealkylation sites (tertiary alicyclic amines) is 1. The van der Waals surface area contributed by atoms with E-state index < -0.39 is 11.7 Å². The first-order valence-electron chi connectivity index (χ1n) is 4.39. The molecule has 1 saturated heterocycles. The Kier molecular flexibility index (Phi) is 2.59. The van der Waals surface area contributed by atoms with Crippen LogP contribution in [0.25, 0.3) is 0 Å². The summed E-state index contributed by atoms with van der Waals surface area (Å²) in [6, 6.07) is -0.269. The van der Waals surface area contributed by atoms with Crippen LogP contribution in [0.2, 0.25) is 0 Å². The summed E-state index contributed by atoms with van der Waals surface area (Å²) in [6.07, 6.45) is 1.15. The Bertz CT molecular complexity index is 219. The maximum Gasteiger partial charge on any atom is 0.410 e. The average Bonchev–Trinajstić information content (AvgIpc) is 1.80. The van der Waals surface area contributed by atoms with Crippen LogP contribution in [0.5, 0.6) is 0 Å². The first-order chi connectivity index (χ1) is 5.94. The Hall–Kier alpha value is -1.06. The molecule has 1 atom stereocenters. The molecule has 0 bridgehead atoms. The maximum absolute atomic E-state index is 11.4. The minimum atomic E-state index is -0.486.